The monoisotopic (exact) mass is 761 g/mol. The molecule has 1 aliphatic rings. The van der Waals surface area contributed by atoms with Crippen LogP contribution in [0.15, 0.2) is 146 Å². The summed E-state index contributed by atoms with van der Waals surface area (Å²) in [4.78, 5) is 41.7. The highest BCUT2D eigenvalue weighted by atomic mass is 16.6. The number of carbonyl (C=O) groups is 3. The van der Waals surface area contributed by atoms with Gasteiger partial charge in [0.1, 0.15) is 23.9 Å². The predicted octanol–water partition coefficient (Wildman–Crippen LogP) is 8.30. The lowest BCUT2D eigenvalue weighted by Gasteiger charge is -2.25. The summed E-state index contributed by atoms with van der Waals surface area (Å²) in [5, 5.41) is 5.72. The quantitative estimate of drug-likeness (QED) is 0.115. The molecule has 6 aromatic rings. The van der Waals surface area contributed by atoms with Gasteiger partial charge in [-0.25, -0.2) is 4.79 Å². The number of nitrogens with zero attached hydrogens (tertiary/aromatic N) is 1. The van der Waals surface area contributed by atoms with E-state index in [-0.39, 0.29) is 37.5 Å². The Balaban J connectivity index is 1.06. The lowest BCUT2D eigenvalue weighted by Crippen LogP contribution is -2.34. The Morgan fingerprint density at radius 3 is 2.00 bits per heavy atom. The molecule has 0 fully saturated rings. The Morgan fingerprint density at radius 1 is 0.702 bits per heavy atom. The van der Waals surface area contributed by atoms with Crippen LogP contribution in [0.3, 0.4) is 0 Å². The third-order valence-electron chi connectivity index (χ3n) is 10.0. The molecular formula is C47H43N3O7. The fourth-order valence-electron chi connectivity index (χ4n) is 7.23. The zero-order valence-corrected chi connectivity index (χ0v) is 31.9. The van der Waals surface area contributed by atoms with Gasteiger partial charge in [0.05, 0.1) is 32.5 Å². The SMILES string of the molecule is CNC(=O)c1ccccc1C(NC(=O)COc1ccc(CN(C(=O)OCC2c3ccccc3-c3ccccc32)c2ccc(OC)cc2OC)cc1)c1ccccc1. The number of hydrogen-bond donors (Lipinski definition) is 2. The van der Waals surface area contributed by atoms with Crippen LogP contribution in [-0.2, 0) is 16.1 Å². The summed E-state index contributed by atoms with van der Waals surface area (Å²) in [5.41, 5.74) is 7.77. The number of amides is 3. The van der Waals surface area contributed by atoms with E-state index < -0.39 is 12.1 Å². The van der Waals surface area contributed by atoms with Gasteiger partial charge in [-0.2, -0.15) is 0 Å². The van der Waals surface area contributed by atoms with Crippen LogP contribution in [-0.4, -0.2) is 52.4 Å². The zero-order valence-electron chi connectivity index (χ0n) is 31.9. The number of benzene rings is 6. The zero-order chi connectivity index (χ0) is 39.7. The van der Waals surface area contributed by atoms with Crippen molar-refractivity contribution in [3.8, 4) is 28.4 Å². The van der Waals surface area contributed by atoms with Crippen LogP contribution >= 0.6 is 0 Å². The van der Waals surface area contributed by atoms with E-state index in [1.54, 1.807) is 63.7 Å². The van der Waals surface area contributed by atoms with Crippen LogP contribution in [0, 0.1) is 0 Å². The molecule has 10 nitrogen and oxygen atoms in total. The summed E-state index contributed by atoms with van der Waals surface area (Å²) in [6.07, 6.45) is -0.539. The highest BCUT2D eigenvalue weighted by Gasteiger charge is 2.31. The third-order valence-corrected chi connectivity index (χ3v) is 10.0. The van der Waals surface area contributed by atoms with E-state index >= 15 is 0 Å². The summed E-state index contributed by atoms with van der Waals surface area (Å²) in [7, 11) is 4.68. The smallest absolute Gasteiger partial charge is 0.414 e. The Hall–Kier alpha value is -7.07. The number of hydrogen-bond acceptors (Lipinski definition) is 7. The van der Waals surface area contributed by atoms with E-state index in [2.05, 4.69) is 34.9 Å². The minimum absolute atomic E-state index is 0.108. The van der Waals surface area contributed by atoms with Gasteiger partial charge in [-0.15, -0.1) is 0 Å². The molecule has 7 rings (SSSR count). The van der Waals surface area contributed by atoms with Gasteiger partial charge < -0.3 is 29.6 Å². The second-order valence-electron chi connectivity index (χ2n) is 13.4. The van der Waals surface area contributed by atoms with Crippen molar-refractivity contribution < 1.29 is 33.3 Å². The fraction of sp³-hybridized carbons (Fsp3) is 0.170. The van der Waals surface area contributed by atoms with Crippen molar-refractivity contribution in [3.05, 3.63) is 179 Å². The van der Waals surface area contributed by atoms with Crippen molar-refractivity contribution in [3.63, 3.8) is 0 Å². The number of anilines is 1. The Kier molecular flexibility index (Phi) is 11.8. The van der Waals surface area contributed by atoms with Gasteiger partial charge in [0, 0.05) is 24.6 Å². The van der Waals surface area contributed by atoms with Gasteiger partial charge in [0.15, 0.2) is 6.61 Å². The van der Waals surface area contributed by atoms with Gasteiger partial charge in [0.2, 0.25) is 0 Å². The molecule has 0 radical (unpaired) electrons. The van der Waals surface area contributed by atoms with Crippen molar-refractivity contribution in [2.75, 3.05) is 39.4 Å². The van der Waals surface area contributed by atoms with Gasteiger partial charge >= 0.3 is 6.09 Å². The largest absolute Gasteiger partial charge is 0.497 e. The van der Waals surface area contributed by atoms with Gasteiger partial charge in [-0.05, 0) is 69.3 Å². The number of methoxy groups -OCH3 is 2. The van der Waals surface area contributed by atoms with Crippen molar-refractivity contribution in [1.82, 2.24) is 10.6 Å². The van der Waals surface area contributed by atoms with Crippen molar-refractivity contribution in [2.45, 2.75) is 18.5 Å². The maximum atomic E-state index is 14.1. The molecule has 0 saturated heterocycles. The first-order valence-corrected chi connectivity index (χ1v) is 18.6. The van der Waals surface area contributed by atoms with Crippen molar-refractivity contribution >= 4 is 23.6 Å². The number of nitrogens with one attached hydrogen (secondary N) is 2. The average molecular weight is 762 g/mol. The molecule has 288 valence electrons. The van der Waals surface area contributed by atoms with Crippen LogP contribution in [0.2, 0.25) is 0 Å². The first-order chi connectivity index (χ1) is 27.9. The molecule has 3 amide bonds. The first-order valence-electron chi connectivity index (χ1n) is 18.6. The van der Waals surface area contributed by atoms with Crippen molar-refractivity contribution in [1.29, 1.82) is 0 Å². The third kappa shape index (κ3) is 8.45. The van der Waals surface area contributed by atoms with Crippen LogP contribution in [0.4, 0.5) is 10.5 Å². The van der Waals surface area contributed by atoms with E-state index in [1.807, 2.05) is 78.9 Å². The molecule has 0 heterocycles. The summed E-state index contributed by atoms with van der Waals surface area (Å²) in [5.74, 6) is 0.765. The second-order valence-corrected chi connectivity index (χ2v) is 13.4. The fourth-order valence-corrected chi connectivity index (χ4v) is 7.23. The van der Waals surface area contributed by atoms with Crippen LogP contribution in [0.5, 0.6) is 17.2 Å². The number of carbonyl (C=O) groups excluding carboxylic acids is 3. The minimum Gasteiger partial charge on any atom is -0.497 e. The number of ether oxygens (including phenoxy) is 4. The van der Waals surface area contributed by atoms with Crippen LogP contribution in [0.1, 0.15) is 50.1 Å². The molecule has 0 saturated carbocycles. The van der Waals surface area contributed by atoms with Gasteiger partial charge in [-0.1, -0.05) is 109 Å². The molecule has 0 aliphatic heterocycles. The standard InChI is InChI=1S/C47H43N3O7/c1-48-46(52)40-20-12-11-19-39(40)45(32-13-5-4-6-14-32)49-44(51)30-56-33-23-21-31(22-24-33)28-50(42-26-25-34(54-2)27-43(42)55-3)47(53)57-29-41-37-17-9-7-15-35(37)36-16-8-10-18-38(36)41/h4-27,41,45H,28-30H2,1-3H3,(H,48,52)(H,49,51). The topological polar surface area (TPSA) is 115 Å². The molecule has 6 aromatic carbocycles. The Bertz CT molecular complexity index is 2320. The summed E-state index contributed by atoms with van der Waals surface area (Å²) in [6, 6.07) is 44.9. The highest BCUT2D eigenvalue weighted by Crippen LogP contribution is 2.45. The minimum atomic E-state index is -0.586. The molecule has 1 atom stereocenters. The first kappa shape index (κ1) is 38.2. The predicted molar refractivity (Wildman–Crippen MR) is 219 cm³/mol. The Labute approximate surface area is 332 Å². The van der Waals surface area contributed by atoms with Crippen LogP contribution in [0.25, 0.3) is 11.1 Å². The van der Waals surface area contributed by atoms with Crippen LogP contribution < -0.4 is 29.7 Å². The van der Waals surface area contributed by atoms with E-state index in [1.165, 1.54) is 4.90 Å². The highest BCUT2D eigenvalue weighted by molar-refractivity contribution is 5.96. The lowest BCUT2D eigenvalue weighted by molar-refractivity contribution is -0.123. The van der Waals surface area contributed by atoms with E-state index in [4.69, 9.17) is 18.9 Å². The molecule has 57 heavy (non-hydrogen) atoms. The summed E-state index contributed by atoms with van der Waals surface area (Å²) < 4.78 is 23.1. The maximum absolute atomic E-state index is 14.1. The molecule has 1 unspecified atom stereocenters. The lowest BCUT2D eigenvalue weighted by atomic mass is 9.94. The average Bonchev–Trinajstić information content (AvgIpc) is 3.59. The molecule has 0 bridgehead atoms. The summed E-state index contributed by atoms with van der Waals surface area (Å²) in [6.45, 7) is 0.0442. The normalized spacial score (nSPS) is 12.1. The summed E-state index contributed by atoms with van der Waals surface area (Å²) >= 11 is 0. The molecule has 0 aromatic heterocycles. The molecule has 1 aliphatic carbocycles. The maximum Gasteiger partial charge on any atom is 0.414 e. The molecule has 2 N–H and O–H groups in total. The number of fused-ring (bicyclic) bond motifs is 3. The van der Waals surface area contributed by atoms with Gasteiger partial charge in [0.25, 0.3) is 11.8 Å². The van der Waals surface area contributed by atoms with E-state index in [0.717, 1.165) is 33.4 Å². The molecule has 0 spiro atoms. The Morgan fingerprint density at radius 2 is 1.33 bits per heavy atom. The van der Waals surface area contributed by atoms with Crippen molar-refractivity contribution in [2.24, 2.45) is 0 Å². The molecule has 10 heteroatoms. The van der Waals surface area contributed by atoms with E-state index in [0.29, 0.717) is 34.1 Å². The second kappa shape index (κ2) is 17.6. The number of rotatable bonds is 14. The van der Waals surface area contributed by atoms with Gasteiger partial charge in [-0.3, -0.25) is 14.5 Å². The molecular weight excluding hydrogens is 719 g/mol. The van der Waals surface area contributed by atoms with E-state index in [9.17, 15) is 14.4 Å².